The first-order valence-corrected chi connectivity index (χ1v) is 5.96. The first-order valence-electron chi connectivity index (χ1n) is 5.58. The van der Waals surface area contributed by atoms with E-state index in [1.165, 1.54) is 6.08 Å². The van der Waals surface area contributed by atoms with Crippen molar-refractivity contribution in [1.82, 2.24) is 0 Å². The van der Waals surface area contributed by atoms with E-state index in [0.717, 1.165) is 17.2 Å². The van der Waals surface area contributed by atoms with E-state index in [0.29, 0.717) is 10.8 Å². The molecule has 1 aromatic heterocycles. The highest BCUT2D eigenvalue weighted by atomic mass is 35.5. The van der Waals surface area contributed by atoms with E-state index < -0.39 is 5.97 Å². The third-order valence-electron chi connectivity index (χ3n) is 2.44. The molecule has 0 aliphatic rings. The van der Waals surface area contributed by atoms with Crippen molar-refractivity contribution in [1.29, 1.82) is 0 Å². The van der Waals surface area contributed by atoms with Crippen LogP contribution in [-0.4, -0.2) is 11.1 Å². The molecule has 96 valence electrons. The van der Waals surface area contributed by atoms with E-state index in [2.05, 4.69) is 0 Å². The van der Waals surface area contributed by atoms with E-state index in [-0.39, 0.29) is 0 Å². The molecule has 0 saturated carbocycles. The molecule has 0 aliphatic carbocycles. The largest absolute Gasteiger partial charge is 0.478 e. The van der Waals surface area contributed by atoms with Crippen LogP contribution in [0.25, 0.3) is 5.57 Å². The smallest absolute Gasteiger partial charge is 0.328 e. The van der Waals surface area contributed by atoms with Gasteiger partial charge in [0.2, 0.25) is 0 Å². The molecule has 0 radical (unpaired) electrons. The molecule has 19 heavy (non-hydrogen) atoms. The van der Waals surface area contributed by atoms with E-state index in [1.54, 1.807) is 30.5 Å². The number of rotatable bonds is 4. The van der Waals surface area contributed by atoms with Crippen molar-refractivity contribution in [2.24, 2.45) is 0 Å². The first-order chi connectivity index (χ1) is 9.16. The van der Waals surface area contributed by atoms with Crippen LogP contribution in [0.5, 0.6) is 0 Å². The molecular weight excluding hydrogens is 264 g/mol. The Labute approximate surface area is 115 Å². The fraction of sp³-hybridized carbons (Fsp3) is 0. The topological polar surface area (TPSA) is 50.4 Å². The Balaban J connectivity index is 2.40. The third-order valence-corrected chi connectivity index (χ3v) is 2.70. The number of aliphatic carboxylic acids is 1. The van der Waals surface area contributed by atoms with Crippen LogP contribution < -0.4 is 0 Å². The summed E-state index contributed by atoms with van der Waals surface area (Å²) in [7, 11) is 0. The summed E-state index contributed by atoms with van der Waals surface area (Å²) in [5.74, 6) is -0.330. The summed E-state index contributed by atoms with van der Waals surface area (Å²) in [5, 5.41) is 9.25. The Bertz CT molecular complexity index is 607. The number of hydrogen-bond acceptors (Lipinski definition) is 2. The van der Waals surface area contributed by atoms with Gasteiger partial charge in [0.25, 0.3) is 0 Å². The van der Waals surface area contributed by atoms with E-state index in [4.69, 9.17) is 21.1 Å². The van der Waals surface area contributed by atoms with Gasteiger partial charge >= 0.3 is 5.97 Å². The molecule has 1 N–H and O–H groups in total. The maximum atomic E-state index is 10.5. The Morgan fingerprint density at radius 3 is 2.53 bits per heavy atom. The minimum atomic E-state index is -0.994. The second-order valence-corrected chi connectivity index (χ2v) is 4.20. The lowest BCUT2D eigenvalue weighted by Crippen LogP contribution is -1.87. The van der Waals surface area contributed by atoms with Crippen molar-refractivity contribution in [2.75, 3.05) is 0 Å². The Kier molecular flexibility index (Phi) is 4.21. The SMILES string of the molecule is O=C(O)/C=C/C=C(/c1ccc(Cl)cc1)c1ccco1. The summed E-state index contributed by atoms with van der Waals surface area (Å²) in [6.07, 6.45) is 5.80. The van der Waals surface area contributed by atoms with Crippen LogP contribution in [0, 0.1) is 0 Å². The lowest BCUT2D eigenvalue weighted by molar-refractivity contribution is -0.131. The minimum Gasteiger partial charge on any atom is -0.478 e. The van der Waals surface area contributed by atoms with Crippen molar-refractivity contribution in [3.05, 3.63) is 77.2 Å². The average Bonchev–Trinajstić information content (AvgIpc) is 2.89. The van der Waals surface area contributed by atoms with Gasteiger partial charge in [-0.25, -0.2) is 4.79 Å². The molecule has 0 saturated heterocycles. The van der Waals surface area contributed by atoms with Crippen LogP contribution in [0.1, 0.15) is 11.3 Å². The summed E-state index contributed by atoms with van der Waals surface area (Å²) in [4.78, 5) is 10.5. The standard InChI is InChI=1S/C15H11ClO3/c16-12-8-6-11(7-9-12)13(3-1-5-15(17)18)14-4-2-10-19-14/h1-10H,(H,17,18)/b5-1+,13-3-. The highest BCUT2D eigenvalue weighted by Gasteiger charge is 2.06. The maximum Gasteiger partial charge on any atom is 0.328 e. The van der Waals surface area contributed by atoms with Gasteiger partial charge in [-0.3, -0.25) is 0 Å². The van der Waals surface area contributed by atoms with Crippen LogP contribution in [0.3, 0.4) is 0 Å². The van der Waals surface area contributed by atoms with Crippen LogP contribution in [-0.2, 0) is 4.79 Å². The van der Waals surface area contributed by atoms with Crippen molar-refractivity contribution in [2.45, 2.75) is 0 Å². The number of carboxylic acids is 1. The number of carbonyl (C=O) groups is 1. The predicted octanol–water partition coefficient (Wildman–Crippen LogP) is 4.01. The van der Waals surface area contributed by atoms with Crippen LogP contribution in [0.4, 0.5) is 0 Å². The summed E-state index contributed by atoms with van der Waals surface area (Å²) < 4.78 is 5.36. The quantitative estimate of drug-likeness (QED) is 0.677. The maximum absolute atomic E-state index is 10.5. The number of furan rings is 1. The number of benzene rings is 1. The monoisotopic (exact) mass is 274 g/mol. The molecule has 2 aromatic rings. The van der Waals surface area contributed by atoms with Gasteiger partial charge in [-0.05, 0) is 29.8 Å². The third kappa shape index (κ3) is 3.60. The Hall–Kier alpha value is -2.26. The molecule has 0 fully saturated rings. The number of halogens is 1. The predicted molar refractivity (Wildman–Crippen MR) is 74.0 cm³/mol. The van der Waals surface area contributed by atoms with Gasteiger partial charge in [0, 0.05) is 16.7 Å². The molecule has 3 nitrogen and oxygen atoms in total. The van der Waals surface area contributed by atoms with Gasteiger partial charge in [0.1, 0.15) is 5.76 Å². The van der Waals surface area contributed by atoms with Crippen LogP contribution >= 0.6 is 11.6 Å². The zero-order chi connectivity index (χ0) is 13.7. The van der Waals surface area contributed by atoms with Gasteiger partial charge in [-0.1, -0.05) is 35.9 Å². The van der Waals surface area contributed by atoms with Crippen molar-refractivity contribution in [3.8, 4) is 0 Å². The molecule has 0 atom stereocenters. The summed E-state index contributed by atoms with van der Waals surface area (Å²) in [6, 6.07) is 10.8. The highest BCUT2D eigenvalue weighted by Crippen LogP contribution is 2.25. The average molecular weight is 275 g/mol. The normalized spacial score (nSPS) is 11.9. The van der Waals surface area contributed by atoms with Crippen molar-refractivity contribution in [3.63, 3.8) is 0 Å². The van der Waals surface area contributed by atoms with Gasteiger partial charge in [0.05, 0.1) is 6.26 Å². The van der Waals surface area contributed by atoms with E-state index in [9.17, 15) is 4.79 Å². The Morgan fingerprint density at radius 2 is 1.95 bits per heavy atom. The summed E-state index contributed by atoms with van der Waals surface area (Å²) in [5.41, 5.74) is 1.69. The number of hydrogen-bond donors (Lipinski definition) is 1. The molecule has 0 amide bonds. The zero-order valence-electron chi connectivity index (χ0n) is 9.92. The summed E-state index contributed by atoms with van der Waals surface area (Å²) in [6.45, 7) is 0. The molecule has 2 rings (SSSR count). The lowest BCUT2D eigenvalue weighted by Gasteiger charge is -2.04. The van der Waals surface area contributed by atoms with Gasteiger partial charge < -0.3 is 9.52 Å². The highest BCUT2D eigenvalue weighted by molar-refractivity contribution is 6.30. The van der Waals surface area contributed by atoms with Gasteiger partial charge in [-0.2, -0.15) is 0 Å². The first kappa shape index (κ1) is 13.2. The van der Waals surface area contributed by atoms with Gasteiger partial charge in [0.15, 0.2) is 0 Å². The fourth-order valence-electron chi connectivity index (χ4n) is 1.61. The molecule has 0 aliphatic heterocycles. The fourth-order valence-corrected chi connectivity index (χ4v) is 1.73. The van der Waals surface area contributed by atoms with Crippen molar-refractivity contribution < 1.29 is 14.3 Å². The molecule has 0 bridgehead atoms. The Morgan fingerprint density at radius 1 is 1.21 bits per heavy atom. The molecule has 0 unspecified atom stereocenters. The van der Waals surface area contributed by atoms with E-state index in [1.807, 2.05) is 18.2 Å². The molecule has 0 spiro atoms. The lowest BCUT2D eigenvalue weighted by atomic mass is 10.0. The number of carboxylic acid groups (broad SMARTS) is 1. The molecule has 4 heteroatoms. The van der Waals surface area contributed by atoms with E-state index >= 15 is 0 Å². The second kappa shape index (κ2) is 6.07. The molecule has 1 aromatic carbocycles. The van der Waals surface area contributed by atoms with Gasteiger partial charge in [-0.15, -0.1) is 0 Å². The zero-order valence-corrected chi connectivity index (χ0v) is 10.7. The molecular formula is C15H11ClO3. The minimum absolute atomic E-state index is 0.642. The second-order valence-electron chi connectivity index (χ2n) is 3.76. The summed E-state index contributed by atoms with van der Waals surface area (Å²) >= 11 is 5.85. The number of allylic oxidation sites excluding steroid dienone is 2. The van der Waals surface area contributed by atoms with Crippen molar-refractivity contribution >= 4 is 23.1 Å². The van der Waals surface area contributed by atoms with Crippen LogP contribution in [0.15, 0.2) is 65.3 Å². The van der Waals surface area contributed by atoms with Crippen LogP contribution in [0.2, 0.25) is 5.02 Å². The molecule has 1 heterocycles.